The summed E-state index contributed by atoms with van der Waals surface area (Å²) in [4.78, 5) is 12.1. The van der Waals surface area contributed by atoms with Crippen molar-refractivity contribution in [2.45, 2.75) is 38.7 Å². The van der Waals surface area contributed by atoms with Crippen LogP contribution in [0, 0.1) is 0 Å². The van der Waals surface area contributed by atoms with Gasteiger partial charge in [0.2, 0.25) is 0 Å². The van der Waals surface area contributed by atoms with Crippen LogP contribution in [0.4, 0.5) is 0 Å². The number of ether oxygens (including phenoxy) is 1. The second kappa shape index (κ2) is 5.82. The Morgan fingerprint density at radius 3 is 2.35 bits per heavy atom. The average Bonchev–Trinajstić information content (AvgIpc) is 2.24. The van der Waals surface area contributed by atoms with E-state index in [9.17, 15) is 4.79 Å². The van der Waals surface area contributed by atoms with E-state index in [-0.39, 0.29) is 11.9 Å². The number of hydrogen-bond donors (Lipinski definition) is 1. The van der Waals surface area contributed by atoms with Crippen LogP contribution >= 0.6 is 0 Å². The highest BCUT2D eigenvalue weighted by Gasteiger charge is 2.25. The van der Waals surface area contributed by atoms with Gasteiger partial charge < -0.3 is 10.5 Å². The number of nitrogens with two attached hydrogens (primary N) is 1. The molecule has 1 rings (SSSR count). The van der Waals surface area contributed by atoms with E-state index in [0.29, 0.717) is 13.0 Å². The molecule has 3 nitrogen and oxygen atoms in total. The summed E-state index contributed by atoms with van der Waals surface area (Å²) in [5.74, 6) is -0.463. The number of esters is 1. The van der Waals surface area contributed by atoms with Gasteiger partial charge in [0.05, 0.1) is 5.92 Å². The van der Waals surface area contributed by atoms with Crippen molar-refractivity contribution in [3.05, 3.63) is 35.9 Å². The van der Waals surface area contributed by atoms with Gasteiger partial charge in [-0.2, -0.15) is 0 Å². The van der Waals surface area contributed by atoms with Gasteiger partial charge in [-0.25, -0.2) is 0 Å². The first kappa shape index (κ1) is 13.7. The maximum absolute atomic E-state index is 12.1. The molecule has 0 aliphatic rings. The number of benzene rings is 1. The van der Waals surface area contributed by atoms with E-state index in [2.05, 4.69) is 0 Å². The zero-order valence-corrected chi connectivity index (χ0v) is 10.8. The lowest BCUT2D eigenvalue weighted by Gasteiger charge is -2.24. The Morgan fingerprint density at radius 2 is 1.88 bits per heavy atom. The van der Waals surface area contributed by atoms with Gasteiger partial charge >= 0.3 is 5.97 Å². The second-order valence-electron chi connectivity index (χ2n) is 5.07. The molecule has 0 spiro atoms. The molecule has 0 bridgehead atoms. The Balaban J connectivity index is 2.83. The Bertz CT molecular complexity index is 354. The van der Waals surface area contributed by atoms with Crippen molar-refractivity contribution in [3.63, 3.8) is 0 Å². The van der Waals surface area contributed by atoms with Crippen LogP contribution in [-0.2, 0) is 9.53 Å². The fraction of sp³-hybridized carbons (Fsp3) is 0.500. The minimum atomic E-state index is -0.460. The van der Waals surface area contributed by atoms with Crippen molar-refractivity contribution in [2.24, 2.45) is 5.73 Å². The molecule has 17 heavy (non-hydrogen) atoms. The zero-order valence-electron chi connectivity index (χ0n) is 10.8. The normalized spacial score (nSPS) is 13.2. The van der Waals surface area contributed by atoms with E-state index >= 15 is 0 Å². The van der Waals surface area contributed by atoms with Crippen molar-refractivity contribution < 1.29 is 9.53 Å². The highest BCUT2D eigenvalue weighted by atomic mass is 16.6. The van der Waals surface area contributed by atoms with Crippen LogP contribution in [0.25, 0.3) is 0 Å². The molecule has 3 heteroatoms. The van der Waals surface area contributed by atoms with Crippen molar-refractivity contribution in [2.75, 3.05) is 6.54 Å². The third-order valence-corrected chi connectivity index (χ3v) is 2.35. The van der Waals surface area contributed by atoms with Gasteiger partial charge in [0.25, 0.3) is 0 Å². The molecule has 0 fully saturated rings. The Morgan fingerprint density at radius 1 is 1.29 bits per heavy atom. The molecular weight excluding hydrogens is 214 g/mol. The molecule has 0 aromatic heterocycles. The standard InChI is InChI=1S/C14H21NO2/c1-14(2,3)17-13(16)12(9-10-15)11-7-5-4-6-8-11/h4-8,12H,9-10,15H2,1-3H3. The number of hydrogen-bond acceptors (Lipinski definition) is 3. The van der Waals surface area contributed by atoms with Crippen LogP contribution in [0.15, 0.2) is 30.3 Å². The van der Waals surface area contributed by atoms with Crippen LogP contribution in [0.3, 0.4) is 0 Å². The number of rotatable bonds is 4. The van der Waals surface area contributed by atoms with Gasteiger partial charge in [0.15, 0.2) is 0 Å². The van der Waals surface area contributed by atoms with Crippen molar-refractivity contribution in [3.8, 4) is 0 Å². The van der Waals surface area contributed by atoms with E-state index in [0.717, 1.165) is 5.56 Å². The summed E-state index contributed by atoms with van der Waals surface area (Å²) < 4.78 is 5.41. The van der Waals surface area contributed by atoms with E-state index in [1.54, 1.807) is 0 Å². The van der Waals surface area contributed by atoms with Crippen molar-refractivity contribution in [1.29, 1.82) is 0 Å². The maximum atomic E-state index is 12.1. The fourth-order valence-corrected chi connectivity index (χ4v) is 1.65. The minimum absolute atomic E-state index is 0.200. The van der Waals surface area contributed by atoms with E-state index < -0.39 is 5.60 Å². The molecule has 2 N–H and O–H groups in total. The predicted molar refractivity (Wildman–Crippen MR) is 68.7 cm³/mol. The fourth-order valence-electron chi connectivity index (χ4n) is 1.65. The highest BCUT2D eigenvalue weighted by Crippen LogP contribution is 2.23. The first-order valence-corrected chi connectivity index (χ1v) is 5.92. The van der Waals surface area contributed by atoms with E-state index in [4.69, 9.17) is 10.5 Å². The Labute approximate surface area is 103 Å². The number of carbonyl (C=O) groups is 1. The molecule has 0 saturated carbocycles. The van der Waals surface area contributed by atoms with Crippen LogP contribution in [-0.4, -0.2) is 18.1 Å². The molecule has 94 valence electrons. The van der Waals surface area contributed by atoms with Crippen LogP contribution in [0.5, 0.6) is 0 Å². The Kier molecular flexibility index (Phi) is 4.70. The molecule has 0 aliphatic carbocycles. The highest BCUT2D eigenvalue weighted by molar-refractivity contribution is 5.78. The molecule has 0 aliphatic heterocycles. The van der Waals surface area contributed by atoms with Crippen molar-refractivity contribution in [1.82, 2.24) is 0 Å². The Hall–Kier alpha value is -1.35. The lowest BCUT2D eigenvalue weighted by molar-refractivity contribution is -0.156. The molecule has 1 aromatic rings. The van der Waals surface area contributed by atoms with Crippen LogP contribution in [0.2, 0.25) is 0 Å². The lowest BCUT2D eigenvalue weighted by atomic mass is 9.95. The molecule has 0 saturated heterocycles. The molecule has 1 unspecified atom stereocenters. The zero-order chi connectivity index (χ0) is 12.9. The van der Waals surface area contributed by atoms with Gasteiger partial charge in [-0.3, -0.25) is 4.79 Å². The lowest BCUT2D eigenvalue weighted by Crippen LogP contribution is -2.28. The summed E-state index contributed by atoms with van der Waals surface area (Å²) in [7, 11) is 0. The molecule has 1 atom stereocenters. The molecule has 0 amide bonds. The molecule has 1 aromatic carbocycles. The third kappa shape index (κ3) is 4.57. The van der Waals surface area contributed by atoms with Crippen LogP contribution in [0.1, 0.15) is 38.7 Å². The molecule has 0 heterocycles. The van der Waals surface area contributed by atoms with Crippen molar-refractivity contribution >= 4 is 5.97 Å². The summed E-state index contributed by atoms with van der Waals surface area (Å²) >= 11 is 0. The molecule has 0 radical (unpaired) electrons. The van der Waals surface area contributed by atoms with Gasteiger partial charge in [0.1, 0.15) is 5.60 Å². The first-order chi connectivity index (χ1) is 7.94. The van der Waals surface area contributed by atoms with Gasteiger partial charge in [0, 0.05) is 0 Å². The SMILES string of the molecule is CC(C)(C)OC(=O)C(CCN)c1ccccc1. The average molecular weight is 235 g/mol. The monoisotopic (exact) mass is 235 g/mol. The second-order valence-corrected chi connectivity index (χ2v) is 5.07. The minimum Gasteiger partial charge on any atom is -0.459 e. The van der Waals surface area contributed by atoms with Gasteiger partial charge in [-0.05, 0) is 39.3 Å². The summed E-state index contributed by atoms with van der Waals surface area (Å²) in [6.07, 6.45) is 0.610. The summed E-state index contributed by atoms with van der Waals surface area (Å²) in [6, 6.07) is 9.64. The van der Waals surface area contributed by atoms with Gasteiger partial charge in [-0.15, -0.1) is 0 Å². The topological polar surface area (TPSA) is 52.3 Å². The number of carbonyl (C=O) groups excluding carboxylic acids is 1. The molecular formula is C14H21NO2. The maximum Gasteiger partial charge on any atom is 0.313 e. The largest absolute Gasteiger partial charge is 0.459 e. The summed E-state index contributed by atoms with van der Waals surface area (Å²) in [5, 5.41) is 0. The summed E-state index contributed by atoms with van der Waals surface area (Å²) in [6.45, 7) is 6.08. The van der Waals surface area contributed by atoms with E-state index in [1.165, 1.54) is 0 Å². The van der Waals surface area contributed by atoms with E-state index in [1.807, 2.05) is 51.1 Å². The quantitative estimate of drug-likeness (QED) is 0.816. The third-order valence-electron chi connectivity index (χ3n) is 2.35. The first-order valence-electron chi connectivity index (χ1n) is 5.92. The summed E-state index contributed by atoms with van der Waals surface area (Å²) in [5.41, 5.74) is 6.07. The smallest absolute Gasteiger partial charge is 0.313 e. The predicted octanol–water partition coefficient (Wildman–Crippen LogP) is 2.46. The van der Waals surface area contributed by atoms with Crippen LogP contribution < -0.4 is 5.73 Å². The van der Waals surface area contributed by atoms with Gasteiger partial charge in [-0.1, -0.05) is 30.3 Å².